The first-order valence-corrected chi connectivity index (χ1v) is 7.50. The monoisotopic (exact) mass is 369 g/mol. The molecule has 0 aromatic heterocycles. The molecule has 0 spiro atoms. The summed E-state index contributed by atoms with van der Waals surface area (Å²) in [5.41, 5.74) is 0.223. The minimum absolute atomic E-state index is 0.0623. The van der Waals surface area contributed by atoms with E-state index in [1.54, 1.807) is 0 Å². The number of hydrogen-bond acceptors (Lipinski definition) is 1. The summed E-state index contributed by atoms with van der Waals surface area (Å²) in [6.07, 6.45) is 0. The van der Waals surface area contributed by atoms with Crippen LogP contribution >= 0.6 is 27.5 Å². The van der Waals surface area contributed by atoms with Gasteiger partial charge in [0.1, 0.15) is 5.82 Å². The van der Waals surface area contributed by atoms with Gasteiger partial charge in [-0.3, -0.25) is 4.79 Å². The summed E-state index contributed by atoms with van der Waals surface area (Å²) in [7, 11) is 0. The fourth-order valence-corrected chi connectivity index (χ4v) is 2.40. The normalized spacial score (nSPS) is 11.3. The molecule has 2 aromatic rings. The molecule has 1 amide bonds. The second-order valence-corrected chi connectivity index (χ2v) is 6.56. The summed E-state index contributed by atoms with van der Waals surface area (Å²) in [5.74, 6) is -1.09. The highest BCUT2D eigenvalue weighted by molar-refractivity contribution is 9.10. The molecule has 0 aliphatic rings. The van der Waals surface area contributed by atoms with Crippen LogP contribution < -0.4 is 5.32 Å². The first-order valence-electron chi connectivity index (χ1n) is 6.33. The molecular weight excluding hydrogens is 357 g/mol. The molecule has 0 aliphatic carbocycles. The Bertz CT molecular complexity index is 670. The summed E-state index contributed by atoms with van der Waals surface area (Å²) >= 11 is 9.18. The van der Waals surface area contributed by atoms with Crippen LogP contribution in [0.4, 0.5) is 4.39 Å². The molecule has 0 aliphatic heterocycles. The summed E-state index contributed by atoms with van der Waals surface area (Å²) in [6.45, 7) is 3.72. The molecule has 0 heterocycles. The minimum Gasteiger partial charge on any atom is -0.343 e. The van der Waals surface area contributed by atoms with Gasteiger partial charge < -0.3 is 5.32 Å². The van der Waals surface area contributed by atoms with Crippen molar-refractivity contribution in [2.45, 2.75) is 19.4 Å². The van der Waals surface area contributed by atoms with Gasteiger partial charge in [-0.2, -0.15) is 0 Å². The SMILES string of the molecule is CC(C)(NC(=O)c1cc(Cl)ccc1F)c1ccc(Br)cc1. The fourth-order valence-electron chi connectivity index (χ4n) is 1.96. The van der Waals surface area contributed by atoms with Gasteiger partial charge in [0.05, 0.1) is 11.1 Å². The predicted octanol–water partition coefficient (Wildman–Crippen LogP) is 4.91. The van der Waals surface area contributed by atoms with Crippen molar-refractivity contribution in [2.24, 2.45) is 0 Å². The lowest BCUT2D eigenvalue weighted by molar-refractivity contribution is 0.0908. The highest BCUT2D eigenvalue weighted by Crippen LogP contribution is 2.23. The van der Waals surface area contributed by atoms with Crippen LogP contribution in [0.25, 0.3) is 0 Å². The lowest BCUT2D eigenvalue weighted by Gasteiger charge is -2.27. The van der Waals surface area contributed by atoms with Gasteiger partial charge in [-0.1, -0.05) is 39.7 Å². The first kappa shape index (κ1) is 16.0. The van der Waals surface area contributed by atoms with E-state index in [-0.39, 0.29) is 5.56 Å². The molecule has 0 fully saturated rings. The van der Waals surface area contributed by atoms with Crippen molar-refractivity contribution >= 4 is 33.4 Å². The molecule has 1 N–H and O–H groups in total. The first-order chi connectivity index (χ1) is 9.79. The zero-order chi connectivity index (χ0) is 15.6. The van der Waals surface area contributed by atoms with Crippen LogP contribution in [0.15, 0.2) is 46.9 Å². The largest absolute Gasteiger partial charge is 0.343 e. The molecule has 0 radical (unpaired) electrons. The van der Waals surface area contributed by atoms with E-state index in [4.69, 9.17) is 11.6 Å². The van der Waals surface area contributed by atoms with Crippen LogP contribution in [-0.2, 0) is 5.54 Å². The number of carbonyl (C=O) groups excluding carboxylic acids is 1. The lowest BCUT2D eigenvalue weighted by Crippen LogP contribution is -2.41. The second-order valence-electron chi connectivity index (χ2n) is 5.21. The average molecular weight is 371 g/mol. The molecule has 0 saturated heterocycles. The summed E-state index contributed by atoms with van der Waals surface area (Å²) in [5, 5.41) is 3.15. The number of rotatable bonds is 3. The smallest absolute Gasteiger partial charge is 0.254 e. The molecule has 110 valence electrons. The summed E-state index contributed by atoms with van der Waals surface area (Å²) < 4.78 is 14.7. The molecule has 2 aromatic carbocycles. The molecule has 0 unspecified atom stereocenters. The van der Waals surface area contributed by atoms with Crippen molar-refractivity contribution in [2.75, 3.05) is 0 Å². The Kier molecular flexibility index (Phi) is 4.69. The van der Waals surface area contributed by atoms with Crippen molar-refractivity contribution < 1.29 is 9.18 Å². The van der Waals surface area contributed by atoms with E-state index in [1.807, 2.05) is 38.1 Å². The average Bonchev–Trinajstić information content (AvgIpc) is 2.41. The van der Waals surface area contributed by atoms with Gasteiger partial charge in [0.15, 0.2) is 0 Å². The van der Waals surface area contributed by atoms with Gasteiger partial charge >= 0.3 is 0 Å². The number of carbonyl (C=O) groups is 1. The van der Waals surface area contributed by atoms with Crippen molar-refractivity contribution in [3.05, 3.63) is 68.9 Å². The van der Waals surface area contributed by atoms with E-state index < -0.39 is 17.3 Å². The maximum absolute atomic E-state index is 13.7. The molecule has 2 rings (SSSR count). The van der Waals surface area contributed by atoms with Gasteiger partial charge in [0.2, 0.25) is 0 Å². The van der Waals surface area contributed by atoms with Gasteiger partial charge in [0.25, 0.3) is 5.91 Å². The maximum atomic E-state index is 13.7. The van der Waals surface area contributed by atoms with Gasteiger partial charge in [-0.05, 0) is 49.7 Å². The third-order valence-electron chi connectivity index (χ3n) is 3.16. The van der Waals surface area contributed by atoms with Gasteiger partial charge in [0, 0.05) is 9.50 Å². The fraction of sp³-hybridized carbons (Fsp3) is 0.188. The van der Waals surface area contributed by atoms with Crippen LogP contribution in [-0.4, -0.2) is 5.91 Å². The molecule has 0 saturated carbocycles. The van der Waals surface area contributed by atoms with Crippen LogP contribution in [0.5, 0.6) is 0 Å². The summed E-state index contributed by atoms with van der Waals surface area (Å²) in [6, 6.07) is 11.5. The molecular formula is C16H14BrClFNO. The highest BCUT2D eigenvalue weighted by atomic mass is 79.9. The molecule has 0 bridgehead atoms. The van der Waals surface area contributed by atoms with Crippen LogP contribution in [0.3, 0.4) is 0 Å². The van der Waals surface area contributed by atoms with E-state index >= 15 is 0 Å². The van der Waals surface area contributed by atoms with E-state index in [0.29, 0.717) is 5.02 Å². The number of halogens is 3. The number of benzene rings is 2. The minimum atomic E-state index is -0.632. The van der Waals surface area contributed by atoms with Crippen molar-refractivity contribution in [3.63, 3.8) is 0 Å². The third-order valence-corrected chi connectivity index (χ3v) is 3.93. The van der Waals surface area contributed by atoms with Crippen LogP contribution in [0.1, 0.15) is 29.8 Å². The predicted molar refractivity (Wildman–Crippen MR) is 86.0 cm³/mol. The zero-order valence-corrected chi connectivity index (χ0v) is 13.9. The Morgan fingerprint density at radius 2 is 1.81 bits per heavy atom. The Morgan fingerprint density at radius 3 is 2.43 bits per heavy atom. The Labute approximate surface area is 136 Å². The van der Waals surface area contributed by atoms with Crippen LogP contribution in [0, 0.1) is 5.82 Å². The van der Waals surface area contributed by atoms with E-state index in [9.17, 15) is 9.18 Å². The van der Waals surface area contributed by atoms with E-state index in [0.717, 1.165) is 10.0 Å². The van der Waals surface area contributed by atoms with Crippen molar-refractivity contribution in [3.8, 4) is 0 Å². The van der Waals surface area contributed by atoms with E-state index in [1.165, 1.54) is 18.2 Å². The Morgan fingerprint density at radius 1 is 1.19 bits per heavy atom. The van der Waals surface area contributed by atoms with Crippen molar-refractivity contribution in [1.29, 1.82) is 0 Å². The highest BCUT2D eigenvalue weighted by Gasteiger charge is 2.24. The van der Waals surface area contributed by atoms with Gasteiger partial charge in [-0.15, -0.1) is 0 Å². The quantitative estimate of drug-likeness (QED) is 0.817. The molecule has 21 heavy (non-hydrogen) atoms. The summed E-state index contributed by atoms with van der Waals surface area (Å²) in [4.78, 5) is 12.3. The molecule has 5 heteroatoms. The number of amides is 1. The molecule has 2 nitrogen and oxygen atoms in total. The number of nitrogens with one attached hydrogen (secondary N) is 1. The molecule has 0 atom stereocenters. The maximum Gasteiger partial charge on any atom is 0.254 e. The van der Waals surface area contributed by atoms with Crippen LogP contribution in [0.2, 0.25) is 5.02 Å². The van der Waals surface area contributed by atoms with E-state index in [2.05, 4.69) is 21.2 Å². The van der Waals surface area contributed by atoms with Crippen molar-refractivity contribution in [1.82, 2.24) is 5.32 Å². The third kappa shape index (κ3) is 3.83. The van der Waals surface area contributed by atoms with Gasteiger partial charge in [-0.25, -0.2) is 4.39 Å². The zero-order valence-electron chi connectivity index (χ0n) is 11.6. The number of hydrogen-bond donors (Lipinski definition) is 1. The Balaban J connectivity index is 2.25. The second kappa shape index (κ2) is 6.16. The Hall–Kier alpha value is -1.39. The standard InChI is InChI=1S/C16H14BrClFNO/c1-16(2,10-3-5-11(17)6-4-10)20-15(21)13-9-12(18)7-8-14(13)19/h3-9H,1-2H3,(H,20,21). The lowest BCUT2D eigenvalue weighted by atomic mass is 9.94. The topological polar surface area (TPSA) is 29.1 Å².